The minimum Gasteiger partial charge on any atom is -0.309 e. The molecule has 14 heavy (non-hydrogen) atoms. The van der Waals surface area contributed by atoms with E-state index in [1.165, 1.54) is 28.6 Å². The van der Waals surface area contributed by atoms with Crippen molar-refractivity contribution in [2.75, 3.05) is 0 Å². The molecule has 3 heteroatoms. The Hall–Kier alpha value is -0.120. The second-order valence-electron chi connectivity index (χ2n) is 3.55. The Morgan fingerprint density at radius 2 is 2.43 bits per heavy atom. The summed E-state index contributed by atoms with van der Waals surface area (Å²) < 4.78 is 1.24. The first-order valence-corrected chi connectivity index (χ1v) is 6.64. The standard InChI is InChI=1S/C11H14BrNS/c12-10-6-7-14-11(10)8-13-9-4-2-1-3-5-9/h1-2,6-7,9,13H,3-5,8H2. The van der Waals surface area contributed by atoms with Crippen LogP contribution in [0.5, 0.6) is 0 Å². The Morgan fingerprint density at radius 3 is 3.07 bits per heavy atom. The molecule has 0 spiro atoms. The summed E-state index contributed by atoms with van der Waals surface area (Å²) in [5, 5.41) is 5.72. The molecule has 1 unspecified atom stereocenters. The summed E-state index contributed by atoms with van der Waals surface area (Å²) in [6.45, 7) is 0.997. The topological polar surface area (TPSA) is 12.0 Å². The number of thiophene rings is 1. The predicted octanol–water partition coefficient (Wildman–Crippen LogP) is 3.71. The van der Waals surface area contributed by atoms with Crippen molar-refractivity contribution >= 4 is 27.3 Å². The molecule has 1 aromatic heterocycles. The second kappa shape index (κ2) is 5.10. The van der Waals surface area contributed by atoms with Crippen LogP contribution in [0.1, 0.15) is 24.1 Å². The van der Waals surface area contributed by atoms with Crippen LogP contribution in [0.2, 0.25) is 0 Å². The van der Waals surface area contributed by atoms with E-state index < -0.39 is 0 Å². The van der Waals surface area contributed by atoms with Gasteiger partial charge in [0.2, 0.25) is 0 Å². The van der Waals surface area contributed by atoms with Crippen molar-refractivity contribution in [3.05, 3.63) is 32.9 Å². The zero-order valence-corrected chi connectivity index (χ0v) is 10.4. The summed E-state index contributed by atoms with van der Waals surface area (Å²) in [5.74, 6) is 0. The van der Waals surface area contributed by atoms with Crippen molar-refractivity contribution in [3.63, 3.8) is 0 Å². The third-order valence-corrected chi connectivity index (χ3v) is 4.44. The van der Waals surface area contributed by atoms with Gasteiger partial charge >= 0.3 is 0 Å². The fraction of sp³-hybridized carbons (Fsp3) is 0.455. The van der Waals surface area contributed by atoms with Crippen LogP contribution in [0.25, 0.3) is 0 Å². The molecular weight excluding hydrogens is 258 g/mol. The lowest BCUT2D eigenvalue weighted by Gasteiger charge is -2.18. The van der Waals surface area contributed by atoms with Gasteiger partial charge in [0.15, 0.2) is 0 Å². The Bertz CT molecular complexity index is 319. The average molecular weight is 272 g/mol. The van der Waals surface area contributed by atoms with E-state index >= 15 is 0 Å². The largest absolute Gasteiger partial charge is 0.309 e. The van der Waals surface area contributed by atoms with Gasteiger partial charge in [-0.1, -0.05) is 12.2 Å². The molecule has 1 aliphatic rings. The van der Waals surface area contributed by atoms with Crippen molar-refractivity contribution in [1.29, 1.82) is 0 Å². The summed E-state index contributed by atoms with van der Waals surface area (Å²) in [6, 6.07) is 2.79. The summed E-state index contributed by atoms with van der Waals surface area (Å²) in [7, 11) is 0. The Labute approximate surface area is 97.3 Å². The van der Waals surface area contributed by atoms with Crippen molar-refractivity contribution in [1.82, 2.24) is 5.32 Å². The highest BCUT2D eigenvalue weighted by molar-refractivity contribution is 9.10. The van der Waals surface area contributed by atoms with Gasteiger partial charge in [0.1, 0.15) is 0 Å². The first-order valence-electron chi connectivity index (χ1n) is 4.96. The lowest BCUT2D eigenvalue weighted by Crippen LogP contribution is -2.28. The molecule has 1 heterocycles. The molecule has 2 rings (SSSR count). The molecule has 0 fully saturated rings. The van der Waals surface area contributed by atoms with Crippen LogP contribution < -0.4 is 5.32 Å². The van der Waals surface area contributed by atoms with E-state index in [9.17, 15) is 0 Å². The van der Waals surface area contributed by atoms with E-state index in [4.69, 9.17) is 0 Å². The Balaban J connectivity index is 1.82. The lowest BCUT2D eigenvalue weighted by atomic mass is 10.0. The van der Waals surface area contributed by atoms with Crippen LogP contribution in [0.3, 0.4) is 0 Å². The number of rotatable bonds is 3. The third kappa shape index (κ3) is 2.69. The van der Waals surface area contributed by atoms with Gasteiger partial charge in [-0.25, -0.2) is 0 Å². The quantitative estimate of drug-likeness (QED) is 0.827. The maximum Gasteiger partial charge on any atom is 0.0327 e. The molecule has 0 aromatic carbocycles. The monoisotopic (exact) mass is 271 g/mol. The minimum atomic E-state index is 0.675. The van der Waals surface area contributed by atoms with Crippen molar-refractivity contribution in [2.45, 2.75) is 31.8 Å². The molecule has 76 valence electrons. The minimum absolute atomic E-state index is 0.675. The molecule has 0 radical (unpaired) electrons. The van der Waals surface area contributed by atoms with Gasteiger partial charge in [-0.15, -0.1) is 11.3 Å². The van der Waals surface area contributed by atoms with Crippen LogP contribution in [0.15, 0.2) is 28.1 Å². The average Bonchev–Trinajstić information content (AvgIpc) is 2.63. The molecule has 0 saturated heterocycles. The Morgan fingerprint density at radius 1 is 1.50 bits per heavy atom. The smallest absolute Gasteiger partial charge is 0.0327 e. The van der Waals surface area contributed by atoms with Gasteiger partial charge in [0.05, 0.1) is 0 Å². The molecule has 0 bridgehead atoms. The zero-order valence-electron chi connectivity index (χ0n) is 8.00. The van der Waals surface area contributed by atoms with Crippen molar-refractivity contribution in [3.8, 4) is 0 Å². The molecule has 1 N–H and O–H groups in total. The maximum absolute atomic E-state index is 3.59. The highest BCUT2D eigenvalue weighted by atomic mass is 79.9. The molecule has 1 nitrogen and oxygen atoms in total. The van der Waals surface area contributed by atoms with E-state index in [-0.39, 0.29) is 0 Å². The van der Waals surface area contributed by atoms with Gasteiger partial charge < -0.3 is 5.32 Å². The van der Waals surface area contributed by atoms with Crippen LogP contribution in [-0.2, 0) is 6.54 Å². The summed E-state index contributed by atoms with van der Waals surface area (Å²) in [5.41, 5.74) is 0. The summed E-state index contributed by atoms with van der Waals surface area (Å²) in [6.07, 6.45) is 8.25. The number of allylic oxidation sites excluding steroid dienone is 1. The lowest BCUT2D eigenvalue weighted by molar-refractivity contribution is 0.476. The van der Waals surface area contributed by atoms with E-state index in [0.717, 1.165) is 6.54 Å². The summed E-state index contributed by atoms with van der Waals surface area (Å²) in [4.78, 5) is 1.40. The highest BCUT2D eigenvalue weighted by Crippen LogP contribution is 2.23. The van der Waals surface area contributed by atoms with Crippen LogP contribution in [0, 0.1) is 0 Å². The molecule has 0 amide bonds. The van der Waals surface area contributed by atoms with Gasteiger partial charge in [0.25, 0.3) is 0 Å². The second-order valence-corrected chi connectivity index (χ2v) is 5.41. The van der Waals surface area contributed by atoms with Gasteiger partial charge in [-0.3, -0.25) is 0 Å². The summed E-state index contributed by atoms with van der Waals surface area (Å²) >= 11 is 5.36. The van der Waals surface area contributed by atoms with E-state index in [1.54, 1.807) is 0 Å². The molecule has 0 saturated carbocycles. The van der Waals surface area contributed by atoms with Gasteiger partial charge in [-0.05, 0) is 46.6 Å². The van der Waals surface area contributed by atoms with Crippen molar-refractivity contribution < 1.29 is 0 Å². The number of hydrogen-bond donors (Lipinski definition) is 1. The number of nitrogens with one attached hydrogen (secondary N) is 1. The third-order valence-electron chi connectivity index (χ3n) is 2.51. The maximum atomic E-state index is 3.59. The molecular formula is C11H14BrNS. The molecule has 0 aliphatic heterocycles. The van der Waals surface area contributed by atoms with Crippen molar-refractivity contribution in [2.24, 2.45) is 0 Å². The predicted molar refractivity (Wildman–Crippen MR) is 65.6 cm³/mol. The molecule has 1 aromatic rings. The first-order chi connectivity index (χ1) is 6.86. The Kier molecular flexibility index (Phi) is 3.79. The zero-order chi connectivity index (χ0) is 9.80. The highest BCUT2D eigenvalue weighted by Gasteiger charge is 2.09. The van der Waals surface area contributed by atoms with Crippen LogP contribution in [-0.4, -0.2) is 6.04 Å². The van der Waals surface area contributed by atoms with E-state index in [0.29, 0.717) is 6.04 Å². The first kappa shape index (κ1) is 10.4. The van der Waals surface area contributed by atoms with Gasteiger partial charge in [-0.2, -0.15) is 0 Å². The van der Waals surface area contributed by atoms with Crippen LogP contribution >= 0.6 is 27.3 Å². The normalized spacial score (nSPS) is 21.4. The molecule has 1 aliphatic carbocycles. The van der Waals surface area contributed by atoms with E-state index in [2.05, 4.69) is 44.8 Å². The van der Waals surface area contributed by atoms with E-state index in [1.807, 2.05) is 11.3 Å². The molecule has 1 atom stereocenters. The fourth-order valence-corrected chi connectivity index (χ4v) is 3.11. The fourth-order valence-electron chi connectivity index (χ4n) is 1.67. The number of hydrogen-bond acceptors (Lipinski definition) is 2. The number of halogens is 1. The SMILES string of the molecule is Brc1ccsc1CNC1CC=CCC1. The van der Waals surface area contributed by atoms with Gasteiger partial charge in [0, 0.05) is 21.9 Å². The van der Waals surface area contributed by atoms with Crippen LogP contribution in [0.4, 0.5) is 0 Å².